The molecule has 0 aliphatic heterocycles. The van der Waals surface area contributed by atoms with E-state index in [4.69, 9.17) is 4.52 Å². The SMILES string of the molecule is Cc1cc(NC(=O)CSc2nc3sc(C)c(C)c3c(=O)n2CC(C)C)no1. The average Bonchev–Trinajstić information content (AvgIpc) is 3.11. The van der Waals surface area contributed by atoms with E-state index in [0.29, 0.717) is 28.7 Å². The van der Waals surface area contributed by atoms with Gasteiger partial charge in [-0.2, -0.15) is 0 Å². The van der Waals surface area contributed by atoms with Gasteiger partial charge in [-0.25, -0.2) is 4.98 Å². The summed E-state index contributed by atoms with van der Waals surface area (Å²) in [6, 6.07) is 1.65. The molecule has 3 rings (SSSR count). The summed E-state index contributed by atoms with van der Waals surface area (Å²) in [7, 11) is 0. The zero-order valence-corrected chi connectivity index (χ0v) is 17.6. The van der Waals surface area contributed by atoms with E-state index in [2.05, 4.69) is 29.3 Å². The van der Waals surface area contributed by atoms with Gasteiger partial charge in [-0.1, -0.05) is 30.8 Å². The number of carbonyl (C=O) groups excluding carboxylic acids is 1. The van der Waals surface area contributed by atoms with E-state index < -0.39 is 0 Å². The number of aryl methyl sites for hydroxylation is 3. The monoisotopic (exact) mass is 406 g/mol. The molecule has 0 spiro atoms. The van der Waals surface area contributed by atoms with Crippen molar-refractivity contribution >= 4 is 45.0 Å². The number of nitrogens with zero attached hydrogens (tertiary/aromatic N) is 3. The summed E-state index contributed by atoms with van der Waals surface area (Å²) < 4.78 is 6.63. The lowest BCUT2D eigenvalue weighted by atomic mass is 10.2. The first-order chi connectivity index (χ1) is 12.8. The minimum absolute atomic E-state index is 0.0365. The second-order valence-corrected chi connectivity index (χ2v) is 8.97. The van der Waals surface area contributed by atoms with Crippen LogP contribution in [0.3, 0.4) is 0 Å². The molecule has 3 aromatic rings. The Morgan fingerprint density at radius 2 is 2.11 bits per heavy atom. The second-order valence-electron chi connectivity index (χ2n) is 6.83. The highest BCUT2D eigenvalue weighted by molar-refractivity contribution is 7.99. The molecule has 0 saturated heterocycles. The van der Waals surface area contributed by atoms with Crippen LogP contribution >= 0.6 is 23.1 Å². The van der Waals surface area contributed by atoms with Crippen LogP contribution in [0.15, 0.2) is 20.5 Å². The number of nitrogens with one attached hydrogen (secondary N) is 1. The van der Waals surface area contributed by atoms with E-state index in [1.165, 1.54) is 23.1 Å². The van der Waals surface area contributed by atoms with Crippen molar-refractivity contribution in [2.45, 2.75) is 46.3 Å². The van der Waals surface area contributed by atoms with Gasteiger partial charge >= 0.3 is 0 Å². The van der Waals surface area contributed by atoms with Gasteiger partial charge in [0.1, 0.15) is 10.6 Å². The summed E-state index contributed by atoms with van der Waals surface area (Å²) in [5.41, 5.74) is 0.950. The zero-order chi connectivity index (χ0) is 19.7. The molecule has 1 N–H and O–H groups in total. The summed E-state index contributed by atoms with van der Waals surface area (Å²) in [5.74, 6) is 1.20. The number of thioether (sulfide) groups is 1. The molecule has 0 fully saturated rings. The van der Waals surface area contributed by atoms with E-state index in [1.807, 2.05) is 13.8 Å². The van der Waals surface area contributed by atoms with Gasteiger partial charge in [-0.15, -0.1) is 11.3 Å². The molecule has 1 amide bonds. The van der Waals surface area contributed by atoms with Gasteiger partial charge in [0.05, 0.1) is 11.1 Å². The van der Waals surface area contributed by atoms with Gasteiger partial charge < -0.3 is 9.84 Å². The van der Waals surface area contributed by atoms with Crippen molar-refractivity contribution in [1.82, 2.24) is 14.7 Å². The first-order valence-electron chi connectivity index (χ1n) is 8.62. The minimum atomic E-state index is -0.225. The van der Waals surface area contributed by atoms with Gasteiger partial charge in [0.2, 0.25) is 5.91 Å². The quantitative estimate of drug-likeness (QED) is 0.495. The predicted octanol–water partition coefficient (Wildman–Crippen LogP) is 3.76. The molecule has 0 bridgehead atoms. The Morgan fingerprint density at radius 1 is 1.37 bits per heavy atom. The number of hydrogen-bond donors (Lipinski definition) is 1. The van der Waals surface area contributed by atoms with Crippen LogP contribution in [-0.4, -0.2) is 26.4 Å². The molecule has 27 heavy (non-hydrogen) atoms. The molecule has 3 aromatic heterocycles. The fourth-order valence-electron chi connectivity index (χ4n) is 2.68. The van der Waals surface area contributed by atoms with Gasteiger partial charge in [0.25, 0.3) is 5.56 Å². The Hall–Kier alpha value is -2.13. The summed E-state index contributed by atoms with van der Waals surface area (Å²) in [5, 5.41) is 7.68. The Bertz CT molecular complexity index is 1050. The summed E-state index contributed by atoms with van der Waals surface area (Å²) >= 11 is 2.77. The van der Waals surface area contributed by atoms with Gasteiger partial charge in [0, 0.05) is 17.5 Å². The number of fused-ring (bicyclic) bond motifs is 1. The van der Waals surface area contributed by atoms with Crippen molar-refractivity contribution in [2.24, 2.45) is 5.92 Å². The molecule has 144 valence electrons. The maximum atomic E-state index is 13.1. The van der Waals surface area contributed by atoms with Crippen molar-refractivity contribution in [2.75, 3.05) is 11.1 Å². The Labute approximate surface area is 165 Å². The van der Waals surface area contributed by atoms with Crippen LogP contribution in [-0.2, 0) is 11.3 Å². The number of aromatic nitrogens is 3. The van der Waals surface area contributed by atoms with Crippen LogP contribution in [0.4, 0.5) is 5.82 Å². The van der Waals surface area contributed by atoms with Crippen LogP contribution < -0.4 is 10.9 Å². The number of thiophene rings is 1. The molecular formula is C18H22N4O3S2. The van der Waals surface area contributed by atoms with Crippen molar-refractivity contribution in [3.63, 3.8) is 0 Å². The molecule has 9 heteroatoms. The fraction of sp³-hybridized carbons (Fsp3) is 0.444. The summed E-state index contributed by atoms with van der Waals surface area (Å²) in [4.78, 5) is 31.8. The molecule has 7 nitrogen and oxygen atoms in total. The van der Waals surface area contributed by atoms with Crippen LogP contribution in [0.2, 0.25) is 0 Å². The highest BCUT2D eigenvalue weighted by atomic mass is 32.2. The lowest BCUT2D eigenvalue weighted by Crippen LogP contribution is -2.26. The van der Waals surface area contributed by atoms with Crippen LogP contribution in [0.5, 0.6) is 0 Å². The first-order valence-corrected chi connectivity index (χ1v) is 10.4. The normalized spacial score (nSPS) is 11.5. The predicted molar refractivity (Wildman–Crippen MR) is 109 cm³/mol. The Balaban J connectivity index is 1.88. The van der Waals surface area contributed by atoms with Gasteiger partial charge in [-0.05, 0) is 32.3 Å². The van der Waals surface area contributed by atoms with Gasteiger partial charge in [-0.3, -0.25) is 14.2 Å². The molecule has 0 saturated carbocycles. The molecular weight excluding hydrogens is 384 g/mol. The lowest BCUT2D eigenvalue weighted by Gasteiger charge is -2.14. The van der Waals surface area contributed by atoms with Crippen molar-refractivity contribution in [3.05, 3.63) is 32.6 Å². The molecule has 0 aliphatic carbocycles. The topological polar surface area (TPSA) is 90.0 Å². The number of rotatable bonds is 6. The average molecular weight is 407 g/mol. The van der Waals surface area contributed by atoms with Crippen LogP contribution in [0.1, 0.15) is 30.0 Å². The molecule has 0 aliphatic rings. The van der Waals surface area contributed by atoms with E-state index in [0.717, 1.165) is 15.3 Å². The minimum Gasteiger partial charge on any atom is -0.360 e. The molecule has 0 radical (unpaired) electrons. The third kappa shape index (κ3) is 4.24. The standard InChI is InChI=1S/C18H22N4O3S2/c1-9(2)7-22-17(24)15-11(4)12(5)27-16(15)20-18(22)26-8-14(23)19-13-6-10(3)25-21-13/h6,9H,7-8H2,1-5H3,(H,19,21,23). The molecule has 0 aromatic carbocycles. The fourth-order valence-corrected chi connectivity index (χ4v) is 4.56. The van der Waals surface area contributed by atoms with E-state index >= 15 is 0 Å². The van der Waals surface area contributed by atoms with Gasteiger partial charge in [0.15, 0.2) is 11.0 Å². The number of anilines is 1. The highest BCUT2D eigenvalue weighted by Gasteiger charge is 2.18. The number of hydrogen-bond acceptors (Lipinski definition) is 7. The van der Waals surface area contributed by atoms with Crippen LogP contribution in [0.25, 0.3) is 10.2 Å². The first kappa shape index (κ1) is 19.6. The summed E-state index contributed by atoms with van der Waals surface area (Å²) in [6.07, 6.45) is 0. The van der Waals surface area contributed by atoms with Crippen molar-refractivity contribution < 1.29 is 9.32 Å². The zero-order valence-electron chi connectivity index (χ0n) is 16.0. The van der Waals surface area contributed by atoms with E-state index in [-0.39, 0.29) is 23.1 Å². The Morgan fingerprint density at radius 3 is 2.74 bits per heavy atom. The van der Waals surface area contributed by atoms with Crippen LogP contribution in [0, 0.1) is 26.7 Å². The van der Waals surface area contributed by atoms with Crippen molar-refractivity contribution in [3.8, 4) is 0 Å². The molecule has 0 unspecified atom stereocenters. The maximum absolute atomic E-state index is 13.1. The Kier molecular flexibility index (Phi) is 5.71. The number of amides is 1. The third-order valence-electron chi connectivity index (χ3n) is 4.03. The second kappa shape index (κ2) is 7.85. The number of carbonyl (C=O) groups is 1. The lowest BCUT2D eigenvalue weighted by molar-refractivity contribution is -0.113. The summed E-state index contributed by atoms with van der Waals surface area (Å²) in [6.45, 7) is 10.4. The molecule has 3 heterocycles. The van der Waals surface area contributed by atoms with Crippen molar-refractivity contribution in [1.29, 1.82) is 0 Å². The molecule has 0 atom stereocenters. The highest BCUT2D eigenvalue weighted by Crippen LogP contribution is 2.28. The van der Waals surface area contributed by atoms with E-state index in [1.54, 1.807) is 17.6 Å². The van der Waals surface area contributed by atoms with E-state index in [9.17, 15) is 9.59 Å². The maximum Gasteiger partial charge on any atom is 0.263 e. The smallest absolute Gasteiger partial charge is 0.263 e. The largest absolute Gasteiger partial charge is 0.360 e. The third-order valence-corrected chi connectivity index (χ3v) is 6.11.